The second kappa shape index (κ2) is 33.4. The summed E-state index contributed by atoms with van der Waals surface area (Å²) in [5.41, 5.74) is 2.45. The van der Waals surface area contributed by atoms with Crippen molar-refractivity contribution in [2.24, 2.45) is 15.0 Å². The van der Waals surface area contributed by atoms with E-state index in [4.69, 9.17) is 15.3 Å². The van der Waals surface area contributed by atoms with Crippen molar-refractivity contribution in [1.29, 1.82) is 0 Å². The number of hydrogen-bond donors (Lipinski definition) is 3. The van der Waals surface area contributed by atoms with E-state index in [1.165, 1.54) is 55.0 Å². The van der Waals surface area contributed by atoms with E-state index >= 15 is 0 Å². The third-order valence-corrected chi connectivity index (χ3v) is 6.38. The Morgan fingerprint density at radius 3 is 0.684 bits per heavy atom. The quantitative estimate of drug-likeness (QED) is 0.164. The molecule has 15 heteroatoms. The average molecular weight is 859 g/mol. The molecule has 0 saturated carbocycles. The SMILES string of the molecule is CO.CO.CO.O.[Fe+3].[Fe+3].[O-]c1ccccc1C=Nc1ccccc1[O-].[O-]c1ccccc1C=Nc1ccccc1[O-].[O-]c1ccccc1C=Nc1ccccc1[O-]. The van der Waals surface area contributed by atoms with Gasteiger partial charge in [0.15, 0.2) is 0 Å². The van der Waals surface area contributed by atoms with Crippen molar-refractivity contribution in [3.8, 4) is 34.5 Å². The van der Waals surface area contributed by atoms with Gasteiger partial charge in [-0.25, -0.2) is 0 Å². The van der Waals surface area contributed by atoms with Crippen LogP contribution in [0.15, 0.2) is 161 Å². The number of para-hydroxylation sites is 9. The molecule has 0 aliphatic carbocycles. The molecule has 6 rings (SSSR count). The normalized spacial score (nSPS) is 9.37. The molecule has 0 bridgehead atoms. The van der Waals surface area contributed by atoms with Crippen LogP contribution in [0.1, 0.15) is 16.7 Å². The first-order valence-corrected chi connectivity index (χ1v) is 15.8. The number of benzene rings is 6. The Morgan fingerprint density at radius 2 is 0.491 bits per heavy atom. The van der Waals surface area contributed by atoms with Crippen LogP contribution in [0.5, 0.6) is 34.5 Å². The van der Waals surface area contributed by atoms with Gasteiger partial charge in [0.05, 0.1) is 17.1 Å². The third-order valence-electron chi connectivity index (χ3n) is 6.38. The first-order valence-electron chi connectivity index (χ1n) is 15.8. The van der Waals surface area contributed by atoms with Gasteiger partial charge in [-0.3, -0.25) is 15.0 Å². The van der Waals surface area contributed by atoms with Gasteiger partial charge in [-0.05, 0) is 34.9 Å². The number of aliphatic hydroxyl groups excluding tert-OH is 3. The maximum Gasteiger partial charge on any atom is 3.00 e. The van der Waals surface area contributed by atoms with Gasteiger partial charge in [0.25, 0.3) is 0 Å². The van der Waals surface area contributed by atoms with Crippen molar-refractivity contribution in [1.82, 2.24) is 0 Å². The van der Waals surface area contributed by atoms with Gasteiger partial charge in [0, 0.05) is 40.0 Å². The second-order valence-electron chi connectivity index (χ2n) is 9.79. The molecule has 6 aromatic carbocycles. The largest absolute Gasteiger partial charge is 3.00 e. The molecule has 0 spiro atoms. The summed E-state index contributed by atoms with van der Waals surface area (Å²) in [5.74, 6) is -0.759. The maximum absolute atomic E-state index is 11.4. The summed E-state index contributed by atoms with van der Waals surface area (Å²) in [5, 5.41) is 89.1. The van der Waals surface area contributed by atoms with Crippen LogP contribution < -0.4 is 30.6 Å². The van der Waals surface area contributed by atoms with Crippen LogP contribution in [0.25, 0.3) is 0 Å². The Bertz CT molecular complexity index is 1670. The van der Waals surface area contributed by atoms with E-state index in [-0.39, 0.29) is 74.1 Å². The summed E-state index contributed by atoms with van der Waals surface area (Å²) >= 11 is 0. The Hall–Kier alpha value is -5.99. The minimum atomic E-state index is -0.151. The van der Waals surface area contributed by atoms with Crippen molar-refractivity contribution in [2.75, 3.05) is 21.3 Å². The first-order chi connectivity index (χ1) is 26.3. The molecule has 0 atom stereocenters. The molecule has 57 heavy (non-hydrogen) atoms. The molecular formula is C42H41Fe2N3O10. The first kappa shape index (κ1) is 55.3. The zero-order valence-corrected chi connectivity index (χ0v) is 33.1. The van der Waals surface area contributed by atoms with Gasteiger partial charge in [-0.1, -0.05) is 145 Å². The van der Waals surface area contributed by atoms with Crippen molar-refractivity contribution in [3.63, 3.8) is 0 Å². The summed E-state index contributed by atoms with van der Waals surface area (Å²) in [4.78, 5) is 12.0. The molecular weight excluding hydrogens is 818 g/mol. The predicted molar refractivity (Wildman–Crippen MR) is 205 cm³/mol. The Morgan fingerprint density at radius 1 is 0.316 bits per heavy atom. The van der Waals surface area contributed by atoms with Crippen LogP contribution >= 0.6 is 0 Å². The van der Waals surface area contributed by atoms with Gasteiger partial charge in [-0.15, -0.1) is 17.2 Å². The van der Waals surface area contributed by atoms with E-state index in [9.17, 15) is 30.6 Å². The Kier molecular flexibility index (Phi) is 32.4. The van der Waals surface area contributed by atoms with Crippen LogP contribution in [0.2, 0.25) is 0 Å². The van der Waals surface area contributed by atoms with E-state index in [1.54, 1.807) is 109 Å². The molecule has 0 fully saturated rings. The van der Waals surface area contributed by atoms with Gasteiger partial charge in [0.1, 0.15) is 0 Å². The van der Waals surface area contributed by atoms with Gasteiger partial charge < -0.3 is 51.4 Å². The molecule has 0 amide bonds. The fourth-order valence-corrected chi connectivity index (χ4v) is 3.87. The van der Waals surface area contributed by atoms with Crippen molar-refractivity contribution in [3.05, 3.63) is 162 Å². The molecule has 0 aliphatic heterocycles. The molecule has 300 valence electrons. The molecule has 13 nitrogen and oxygen atoms in total. The number of nitrogens with zero attached hydrogens (tertiary/aromatic N) is 3. The second-order valence-corrected chi connectivity index (χ2v) is 9.79. The van der Waals surface area contributed by atoms with Crippen LogP contribution in [-0.2, 0) is 34.1 Å². The summed E-state index contributed by atoms with van der Waals surface area (Å²) < 4.78 is 0. The molecule has 0 unspecified atom stereocenters. The maximum atomic E-state index is 11.4. The summed E-state index contributed by atoms with van der Waals surface area (Å²) in [6.07, 6.45) is 4.25. The van der Waals surface area contributed by atoms with Gasteiger partial charge >= 0.3 is 34.1 Å². The summed E-state index contributed by atoms with van der Waals surface area (Å²) in [6, 6.07) is 39.0. The van der Waals surface area contributed by atoms with E-state index in [1.807, 2.05) is 0 Å². The van der Waals surface area contributed by atoms with E-state index in [0.717, 1.165) is 21.3 Å². The minimum Gasteiger partial charge on any atom is -0.872 e. The minimum absolute atomic E-state index is 0. The molecule has 5 N–H and O–H groups in total. The van der Waals surface area contributed by atoms with Crippen molar-refractivity contribution < 1.29 is 85.6 Å². The predicted octanol–water partition coefficient (Wildman–Crippen LogP) is 2.75. The van der Waals surface area contributed by atoms with Crippen LogP contribution in [0.4, 0.5) is 17.1 Å². The van der Waals surface area contributed by atoms with Crippen LogP contribution in [0, 0.1) is 0 Å². The van der Waals surface area contributed by atoms with E-state index in [2.05, 4.69) is 15.0 Å². The van der Waals surface area contributed by atoms with E-state index in [0.29, 0.717) is 33.8 Å². The Labute approximate surface area is 352 Å². The van der Waals surface area contributed by atoms with Crippen molar-refractivity contribution in [2.45, 2.75) is 0 Å². The number of hydrogen-bond acceptors (Lipinski definition) is 12. The van der Waals surface area contributed by atoms with Gasteiger partial charge in [-0.2, -0.15) is 0 Å². The number of aliphatic imine (C=N–C) groups is 3. The van der Waals surface area contributed by atoms with Gasteiger partial charge in [0.2, 0.25) is 0 Å². The van der Waals surface area contributed by atoms with E-state index < -0.39 is 0 Å². The fraction of sp³-hybridized carbons (Fsp3) is 0.0714. The topological polar surface area (TPSA) is 268 Å². The zero-order chi connectivity index (χ0) is 40.1. The molecule has 0 aromatic heterocycles. The monoisotopic (exact) mass is 859 g/mol. The van der Waals surface area contributed by atoms with Crippen LogP contribution in [-0.4, -0.2) is 60.8 Å². The molecule has 0 heterocycles. The summed E-state index contributed by atoms with van der Waals surface area (Å²) in [7, 11) is 3.00. The van der Waals surface area contributed by atoms with Crippen molar-refractivity contribution >= 4 is 35.7 Å². The third kappa shape index (κ3) is 20.5. The summed E-state index contributed by atoms with van der Waals surface area (Å²) in [6.45, 7) is 0. The Balaban J connectivity index is -0.000000701. The number of aliphatic hydroxyl groups is 3. The smallest absolute Gasteiger partial charge is 0.872 e. The van der Waals surface area contributed by atoms with Crippen LogP contribution in [0.3, 0.4) is 0 Å². The standard InChI is InChI=1S/3C13H11NO2.3CH4O.2Fe.H2O/c3*15-12-7-3-1-5-10(12)9-14-11-6-2-4-8-13(11)16;3*1-2;;;/h3*1-9,15-16H;3*2H,1H3;;;1H2/q;;;;;;2*+3;/p-6. The molecule has 6 aromatic rings. The average Bonchev–Trinajstić information content (AvgIpc) is 3.21. The zero-order valence-electron chi connectivity index (χ0n) is 30.9. The molecule has 2 radical (unpaired) electrons. The fourth-order valence-electron chi connectivity index (χ4n) is 3.87. The number of rotatable bonds is 6. The molecule has 0 aliphatic rings. The molecule has 0 saturated heterocycles.